The molecule has 134 valence electrons. The molecule has 0 aromatic heterocycles. The lowest BCUT2D eigenvalue weighted by Gasteiger charge is -2.37. The second kappa shape index (κ2) is 8.34. The first-order chi connectivity index (χ1) is 10.8. The van der Waals surface area contributed by atoms with Crippen molar-refractivity contribution in [2.24, 2.45) is 0 Å². The normalized spacial score (nSPS) is 29.0. The van der Waals surface area contributed by atoms with E-state index in [2.05, 4.69) is 22.5 Å². The number of amides is 1. The number of nitrogens with zero attached hydrogens (tertiary/aromatic N) is 1. The van der Waals surface area contributed by atoms with Gasteiger partial charge in [0, 0.05) is 18.1 Å². The van der Waals surface area contributed by atoms with E-state index in [1.807, 2.05) is 20.8 Å². The minimum atomic E-state index is -0.420. The number of ether oxygens (including phenoxy) is 1. The van der Waals surface area contributed by atoms with Crippen LogP contribution in [0.2, 0.25) is 0 Å². The van der Waals surface area contributed by atoms with Gasteiger partial charge in [-0.2, -0.15) is 0 Å². The first kappa shape index (κ1) is 18.5. The third kappa shape index (κ3) is 6.68. The summed E-state index contributed by atoms with van der Waals surface area (Å²) in [5.41, 5.74) is -0.420. The van der Waals surface area contributed by atoms with Gasteiger partial charge in [0.1, 0.15) is 5.60 Å². The minimum absolute atomic E-state index is 0.268. The van der Waals surface area contributed by atoms with Crippen LogP contribution in [0.3, 0.4) is 0 Å². The zero-order valence-electron chi connectivity index (χ0n) is 15.4. The van der Waals surface area contributed by atoms with E-state index in [9.17, 15) is 4.79 Å². The van der Waals surface area contributed by atoms with E-state index in [0.717, 1.165) is 25.4 Å². The Bertz CT molecular complexity index is 375. The van der Waals surface area contributed by atoms with Gasteiger partial charge in [-0.05, 0) is 79.4 Å². The lowest BCUT2D eigenvalue weighted by atomic mass is 9.87. The van der Waals surface area contributed by atoms with Crippen LogP contribution in [0.4, 0.5) is 4.79 Å². The van der Waals surface area contributed by atoms with E-state index in [1.165, 1.54) is 38.8 Å². The highest BCUT2D eigenvalue weighted by molar-refractivity contribution is 5.68. The van der Waals surface area contributed by atoms with Gasteiger partial charge in [-0.25, -0.2) is 4.79 Å². The fourth-order valence-corrected chi connectivity index (χ4v) is 3.45. The second-order valence-electron chi connectivity index (χ2n) is 8.20. The van der Waals surface area contributed by atoms with Crippen molar-refractivity contribution < 1.29 is 9.53 Å². The molecule has 0 aromatic rings. The van der Waals surface area contributed by atoms with Crippen LogP contribution in [0.15, 0.2) is 0 Å². The van der Waals surface area contributed by atoms with Crippen LogP contribution >= 0.6 is 0 Å². The average molecular weight is 325 g/mol. The van der Waals surface area contributed by atoms with E-state index in [4.69, 9.17) is 4.74 Å². The Morgan fingerprint density at radius 1 is 1.22 bits per heavy atom. The van der Waals surface area contributed by atoms with Crippen LogP contribution in [-0.4, -0.2) is 54.4 Å². The van der Waals surface area contributed by atoms with Crippen LogP contribution < -0.4 is 10.6 Å². The van der Waals surface area contributed by atoms with E-state index >= 15 is 0 Å². The van der Waals surface area contributed by atoms with Crippen LogP contribution in [0.1, 0.15) is 66.2 Å². The number of rotatable bonds is 6. The number of hydrogen-bond donors (Lipinski definition) is 2. The molecule has 1 saturated heterocycles. The highest BCUT2D eigenvalue weighted by atomic mass is 16.6. The number of alkyl carbamates (subject to hydrolysis) is 1. The first-order valence-corrected chi connectivity index (χ1v) is 9.30. The van der Waals surface area contributed by atoms with E-state index in [1.54, 1.807) is 0 Å². The Kier molecular flexibility index (Phi) is 6.72. The van der Waals surface area contributed by atoms with Crippen molar-refractivity contribution in [1.29, 1.82) is 0 Å². The maximum absolute atomic E-state index is 11.7. The molecule has 0 aromatic carbocycles. The number of likely N-dealkylation sites (tertiary alicyclic amines) is 1. The number of carbonyl (C=O) groups excluding carboxylic acids is 1. The van der Waals surface area contributed by atoms with Crippen molar-refractivity contribution in [3.8, 4) is 0 Å². The van der Waals surface area contributed by atoms with Crippen LogP contribution in [0.5, 0.6) is 0 Å². The van der Waals surface area contributed by atoms with Gasteiger partial charge < -0.3 is 20.3 Å². The monoisotopic (exact) mass is 325 g/mol. The highest BCUT2D eigenvalue weighted by Gasteiger charge is 2.31. The summed E-state index contributed by atoms with van der Waals surface area (Å²) in [4.78, 5) is 14.3. The molecule has 2 N–H and O–H groups in total. The largest absolute Gasteiger partial charge is 0.444 e. The van der Waals surface area contributed by atoms with Gasteiger partial charge in [0.25, 0.3) is 0 Å². The van der Waals surface area contributed by atoms with Gasteiger partial charge in [0.05, 0.1) is 0 Å². The molecule has 5 nitrogen and oxygen atoms in total. The summed E-state index contributed by atoms with van der Waals surface area (Å²) in [6, 6.07) is 1.58. The topological polar surface area (TPSA) is 53.6 Å². The second-order valence-corrected chi connectivity index (χ2v) is 8.20. The molecule has 23 heavy (non-hydrogen) atoms. The van der Waals surface area contributed by atoms with Gasteiger partial charge in [-0.1, -0.05) is 6.42 Å². The lowest BCUT2D eigenvalue weighted by molar-refractivity contribution is 0.0465. The fraction of sp³-hybridized carbons (Fsp3) is 0.944. The molecule has 2 fully saturated rings. The third-order valence-corrected chi connectivity index (χ3v) is 4.85. The van der Waals surface area contributed by atoms with E-state index < -0.39 is 5.60 Å². The molecule has 0 spiro atoms. The predicted octanol–water partition coefficient (Wildman–Crippen LogP) is 2.90. The Morgan fingerprint density at radius 2 is 1.96 bits per heavy atom. The van der Waals surface area contributed by atoms with E-state index in [-0.39, 0.29) is 12.1 Å². The molecule has 1 saturated carbocycles. The summed E-state index contributed by atoms with van der Waals surface area (Å²) in [5.74, 6) is 0. The Hall–Kier alpha value is -0.810. The van der Waals surface area contributed by atoms with Crippen LogP contribution in [-0.2, 0) is 4.74 Å². The van der Waals surface area contributed by atoms with Crippen LogP contribution in [0, 0.1) is 0 Å². The standard InChI is InChI=1S/C18H35N3O2/c1-14-8-5-6-10-21(14)11-7-9-19-15-12-16(13-15)20-17(22)23-18(2,3)4/h14-16,19H,5-13H2,1-4H3,(H,20,22). The Morgan fingerprint density at radius 3 is 2.61 bits per heavy atom. The van der Waals surface area contributed by atoms with Crippen molar-refractivity contribution >= 4 is 6.09 Å². The number of nitrogens with one attached hydrogen (secondary N) is 2. The molecule has 0 bridgehead atoms. The zero-order chi connectivity index (χ0) is 16.9. The minimum Gasteiger partial charge on any atom is -0.444 e. The van der Waals surface area contributed by atoms with Crippen molar-refractivity contribution in [2.75, 3.05) is 19.6 Å². The van der Waals surface area contributed by atoms with Crippen molar-refractivity contribution in [3.63, 3.8) is 0 Å². The number of carbonyl (C=O) groups is 1. The summed E-state index contributed by atoms with van der Waals surface area (Å²) in [7, 11) is 0. The number of hydrogen-bond acceptors (Lipinski definition) is 4. The average Bonchev–Trinajstić information content (AvgIpc) is 2.40. The predicted molar refractivity (Wildman–Crippen MR) is 93.7 cm³/mol. The molecule has 2 aliphatic rings. The SMILES string of the molecule is CC1CCCCN1CCCNC1CC(NC(=O)OC(C)(C)C)C1. The first-order valence-electron chi connectivity index (χ1n) is 9.30. The van der Waals surface area contributed by atoms with E-state index in [0.29, 0.717) is 6.04 Å². The summed E-state index contributed by atoms with van der Waals surface area (Å²) in [5, 5.41) is 6.55. The molecule has 1 unspecified atom stereocenters. The van der Waals surface area contributed by atoms with Gasteiger partial charge >= 0.3 is 6.09 Å². The van der Waals surface area contributed by atoms with Crippen molar-refractivity contribution in [2.45, 2.75) is 89.9 Å². The Labute approximate surface area is 141 Å². The van der Waals surface area contributed by atoms with Crippen molar-refractivity contribution in [3.05, 3.63) is 0 Å². The molecule has 1 aliphatic heterocycles. The number of piperidine rings is 1. The molecule has 1 atom stereocenters. The summed E-state index contributed by atoms with van der Waals surface area (Å²) in [6.07, 6.45) is 7.06. The molecular weight excluding hydrogens is 290 g/mol. The van der Waals surface area contributed by atoms with Gasteiger partial charge in [0.2, 0.25) is 0 Å². The molecule has 0 radical (unpaired) electrons. The maximum Gasteiger partial charge on any atom is 0.407 e. The molecule has 1 aliphatic carbocycles. The quantitative estimate of drug-likeness (QED) is 0.737. The fourth-order valence-electron chi connectivity index (χ4n) is 3.45. The smallest absolute Gasteiger partial charge is 0.407 e. The highest BCUT2D eigenvalue weighted by Crippen LogP contribution is 2.21. The van der Waals surface area contributed by atoms with Gasteiger partial charge in [0.15, 0.2) is 0 Å². The Balaban J connectivity index is 1.49. The van der Waals surface area contributed by atoms with Gasteiger partial charge in [-0.3, -0.25) is 0 Å². The zero-order valence-corrected chi connectivity index (χ0v) is 15.4. The van der Waals surface area contributed by atoms with Crippen molar-refractivity contribution in [1.82, 2.24) is 15.5 Å². The summed E-state index contributed by atoms with van der Waals surface area (Å²) in [6.45, 7) is 11.6. The summed E-state index contributed by atoms with van der Waals surface area (Å²) >= 11 is 0. The third-order valence-electron chi connectivity index (χ3n) is 4.85. The molecule has 2 rings (SSSR count). The maximum atomic E-state index is 11.7. The van der Waals surface area contributed by atoms with Crippen LogP contribution in [0.25, 0.3) is 0 Å². The van der Waals surface area contributed by atoms with Gasteiger partial charge in [-0.15, -0.1) is 0 Å². The molecular formula is C18H35N3O2. The molecule has 5 heteroatoms. The summed E-state index contributed by atoms with van der Waals surface area (Å²) < 4.78 is 5.28. The lowest BCUT2D eigenvalue weighted by Crippen LogP contribution is -2.53. The molecule has 1 amide bonds. The molecule has 1 heterocycles.